The smallest absolute Gasteiger partial charge is 0.319 e. The molecule has 0 atom stereocenters. The lowest BCUT2D eigenvalue weighted by Gasteiger charge is -2.03. The Balaban J connectivity index is 2.83. The summed E-state index contributed by atoms with van der Waals surface area (Å²) in [4.78, 5) is 10.5. The summed E-state index contributed by atoms with van der Waals surface area (Å²) >= 11 is 0. The van der Waals surface area contributed by atoms with E-state index in [4.69, 9.17) is 5.11 Å². The average molecular weight is 256 g/mol. The van der Waals surface area contributed by atoms with Gasteiger partial charge in [-0.15, -0.1) is 0 Å². The van der Waals surface area contributed by atoms with E-state index in [-0.39, 0.29) is 4.90 Å². The van der Waals surface area contributed by atoms with Crippen LogP contribution in [0.5, 0.6) is 0 Å². The molecule has 0 aliphatic carbocycles. The molecule has 0 saturated carbocycles. The van der Waals surface area contributed by atoms with Crippen LogP contribution in [-0.2, 0) is 21.1 Å². The van der Waals surface area contributed by atoms with Crippen LogP contribution in [0.25, 0.3) is 0 Å². The number of carboxylic acid groups (broad SMARTS) is 1. The summed E-state index contributed by atoms with van der Waals surface area (Å²) in [5.74, 6) is -2.19. The third-order valence-electron chi connectivity index (χ3n) is 2.41. The van der Waals surface area contributed by atoms with E-state index >= 15 is 0 Å². The minimum atomic E-state index is -3.70. The molecule has 0 amide bonds. The van der Waals surface area contributed by atoms with Crippen molar-refractivity contribution in [3.05, 3.63) is 29.8 Å². The lowest BCUT2D eigenvalue weighted by Crippen LogP contribution is -2.15. The minimum absolute atomic E-state index is 0.0696. The number of sulfone groups is 1. The van der Waals surface area contributed by atoms with Crippen molar-refractivity contribution in [1.82, 2.24) is 0 Å². The first-order chi connectivity index (χ1) is 7.95. The third-order valence-corrected chi connectivity index (χ3v) is 4.03. The van der Waals surface area contributed by atoms with Gasteiger partial charge in [0.15, 0.2) is 15.6 Å². The fourth-order valence-corrected chi connectivity index (χ4v) is 2.53. The number of benzene rings is 1. The molecule has 0 bridgehead atoms. The summed E-state index contributed by atoms with van der Waals surface area (Å²) in [6, 6.07) is 6.43. The molecule has 0 fully saturated rings. The molecule has 0 heterocycles. The van der Waals surface area contributed by atoms with Crippen LogP contribution < -0.4 is 0 Å². The van der Waals surface area contributed by atoms with Crippen LogP contribution >= 0.6 is 0 Å². The molecule has 17 heavy (non-hydrogen) atoms. The molecule has 0 aliphatic heterocycles. The molecule has 4 nitrogen and oxygen atoms in total. The van der Waals surface area contributed by atoms with Gasteiger partial charge in [-0.3, -0.25) is 4.79 Å². The van der Waals surface area contributed by atoms with E-state index in [0.717, 1.165) is 24.8 Å². The van der Waals surface area contributed by atoms with Crippen molar-refractivity contribution in [2.45, 2.75) is 31.1 Å². The summed E-state index contributed by atoms with van der Waals surface area (Å²) in [5.41, 5.74) is 1.07. The molecular weight excluding hydrogens is 240 g/mol. The standard InChI is InChI=1S/C12H16O4S/c1-2-3-4-10-5-7-11(8-6-10)17(15,16)9-12(13)14/h5-8H,2-4,9H2,1H3,(H,13,14). The van der Waals surface area contributed by atoms with Gasteiger partial charge in [-0.1, -0.05) is 25.5 Å². The van der Waals surface area contributed by atoms with Crippen molar-refractivity contribution < 1.29 is 18.3 Å². The number of unbranched alkanes of at least 4 members (excludes halogenated alkanes) is 1. The first-order valence-corrected chi connectivity index (χ1v) is 7.14. The van der Waals surface area contributed by atoms with Gasteiger partial charge in [-0.25, -0.2) is 8.42 Å². The highest BCUT2D eigenvalue weighted by Gasteiger charge is 2.18. The van der Waals surface area contributed by atoms with E-state index in [9.17, 15) is 13.2 Å². The fraction of sp³-hybridized carbons (Fsp3) is 0.417. The molecule has 1 aromatic rings. The van der Waals surface area contributed by atoms with Crippen molar-refractivity contribution in [3.63, 3.8) is 0 Å². The molecule has 0 unspecified atom stereocenters. The number of carboxylic acids is 1. The maximum absolute atomic E-state index is 11.6. The highest BCUT2D eigenvalue weighted by molar-refractivity contribution is 7.92. The Morgan fingerprint density at radius 3 is 2.29 bits per heavy atom. The first-order valence-electron chi connectivity index (χ1n) is 5.49. The third kappa shape index (κ3) is 4.19. The summed E-state index contributed by atoms with van der Waals surface area (Å²) in [5, 5.41) is 8.50. The number of carbonyl (C=O) groups is 1. The second-order valence-corrected chi connectivity index (χ2v) is 5.89. The molecule has 94 valence electrons. The quantitative estimate of drug-likeness (QED) is 0.843. The Morgan fingerprint density at radius 2 is 1.82 bits per heavy atom. The highest BCUT2D eigenvalue weighted by atomic mass is 32.2. The SMILES string of the molecule is CCCCc1ccc(S(=O)(=O)CC(=O)O)cc1. The molecule has 1 aromatic carbocycles. The Bertz CT molecular complexity index is 474. The van der Waals surface area contributed by atoms with Gasteiger partial charge in [0.25, 0.3) is 0 Å². The second-order valence-electron chi connectivity index (χ2n) is 3.90. The summed E-state index contributed by atoms with van der Waals surface area (Å²) < 4.78 is 23.2. The van der Waals surface area contributed by atoms with Crippen LogP contribution in [0.15, 0.2) is 29.2 Å². The Labute approximate surface area is 101 Å². The van der Waals surface area contributed by atoms with Gasteiger partial charge in [0, 0.05) is 0 Å². The molecule has 5 heteroatoms. The van der Waals surface area contributed by atoms with Gasteiger partial charge in [-0.05, 0) is 30.5 Å². The normalized spacial score (nSPS) is 11.4. The van der Waals surface area contributed by atoms with Crippen LogP contribution in [-0.4, -0.2) is 25.2 Å². The van der Waals surface area contributed by atoms with E-state index in [1.807, 2.05) is 0 Å². The van der Waals surface area contributed by atoms with Crippen molar-refractivity contribution in [1.29, 1.82) is 0 Å². The first kappa shape index (κ1) is 13.7. The fourth-order valence-electron chi connectivity index (χ4n) is 1.49. The number of rotatable bonds is 6. The zero-order chi connectivity index (χ0) is 12.9. The highest BCUT2D eigenvalue weighted by Crippen LogP contribution is 2.13. The van der Waals surface area contributed by atoms with Crippen molar-refractivity contribution in [2.24, 2.45) is 0 Å². The maximum atomic E-state index is 11.6. The molecular formula is C12H16O4S. The average Bonchev–Trinajstić information content (AvgIpc) is 2.25. The monoisotopic (exact) mass is 256 g/mol. The van der Waals surface area contributed by atoms with Crippen LogP contribution in [0, 0.1) is 0 Å². The predicted molar refractivity (Wildman–Crippen MR) is 64.7 cm³/mol. The van der Waals surface area contributed by atoms with Crippen LogP contribution in [0.1, 0.15) is 25.3 Å². The molecule has 1 N–H and O–H groups in total. The van der Waals surface area contributed by atoms with E-state index in [2.05, 4.69) is 6.92 Å². The van der Waals surface area contributed by atoms with E-state index in [1.54, 1.807) is 12.1 Å². The van der Waals surface area contributed by atoms with Crippen LogP contribution in [0.3, 0.4) is 0 Å². The number of hydrogen-bond acceptors (Lipinski definition) is 3. The van der Waals surface area contributed by atoms with Gasteiger partial charge >= 0.3 is 5.97 Å². The van der Waals surface area contributed by atoms with Gasteiger partial charge in [-0.2, -0.15) is 0 Å². The van der Waals surface area contributed by atoms with Gasteiger partial charge in [0.05, 0.1) is 4.90 Å². The van der Waals surface area contributed by atoms with E-state index in [0.29, 0.717) is 0 Å². The summed E-state index contributed by atoms with van der Waals surface area (Å²) in [6.07, 6.45) is 3.05. The zero-order valence-corrected chi connectivity index (χ0v) is 10.5. The van der Waals surface area contributed by atoms with Crippen LogP contribution in [0.4, 0.5) is 0 Å². The van der Waals surface area contributed by atoms with Gasteiger partial charge < -0.3 is 5.11 Å². The number of aryl methyl sites for hydroxylation is 1. The minimum Gasteiger partial charge on any atom is -0.480 e. The Morgan fingerprint density at radius 1 is 1.24 bits per heavy atom. The molecule has 0 aliphatic rings. The number of aliphatic carboxylic acids is 1. The molecule has 1 rings (SSSR count). The van der Waals surface area contributed by atoms with Crippen LogP contribution in [0.2, 0.25) is 0 Å². The summed E-state index contributed by atoms with van der Waals surface area (Å²) in [6.45, 7) is 2.09. The number of hydrogen-bond donors (Lipinski definition) is 1. The molecule has 0 radical (unpaired) electrons. The predicted octanol–water partition coefficient (Wildman–Crippen LogP) is 1.89. The Hall–Kier alpha value is -1.36. The molecule has 0 aromatic heterocycles. The van der Waals surface area contributed by atoms with Crippen molar-refractivity contribution in [3.8, 4) is 0 Å². The van der Waals surface area contributed by atoms with E-state index < -0.39 is 21.6 Å². The lowest BCUT2D eigenvalue weighted by atomic mass is 10.1. The lowest BCUT2D eigenvalue weighted by molar-refractivity contribution is -0.134. The zero-order valence-electron chi connectivity index (χ0n) is 9.72. The largest absolute Gasteiger partial charge is 0.480 e. The maximum Gasteiger partial charge on any atom is 0.319 e. The van der Waals surface area contributed by atoms with Crippen molar-refractivity contribution in [2.75, 3.05) is 5.75 Å². The van der Waals surface area contributed by atoms with E-state index in [1.165, 1.54) is 12.1 Å². The van der Waals surface area contributed by atoms with Gasteiger partial charge in [0.1, 0.15) is 0 Å². The molecule has 0 spiro atoms. The van der Waals surface area contributed by atoms with Gasteiger partial charge in [0.2, 0.25) is 0 Å². The summed E-state index contributed by atoms with van der Waals surface area (Å²) in [7, 11) is -3.70. The second kappa shape index (κ2) is 5.82. The topological polar surface area (TPSA) is 71.4 Å². The molecule has 0 saturated heterocycles. The van der Waals surface area contributed by atoms with Crippen molar-refractivity contribution >= 4 is 15.8 Å². The Kier molecular flexibility index (Phi) is 4.69.